The summed E-state index contributed by atoms with van der Waals surface area (Å²) in [4.78, 5) is 0. The Hall–Kier alpha value is -6.96. The number of fused-ring (bicyclic) bond motifs is 4. The van der Waals surface area contributed by atoms with Crippen LogP contribution < -0.4 is 5.32 Å². The monoisotopic (exact) mass is 687 g/mol. The van der Waals surface area contributed by atoms with Gasteiger partial charge in [0.2, 0.25) is 0 Å². The second kappa shape index (κ2) is 13.5. The summed E-state index contributed by atoms with van der Waals surface area (Å²) < 4.78 is 0. The largest absolute Gasteiger partial charge is 0.354 e. The molecule has 1 heterocycles. The summed E-state index contributed by atoms with van der Waals surface area (Å²) in [6, 6.07) is 75.0. The molecule has 254 valence electrons. The highest BCUT2D eigenvalue weighted by molar-refractivity contribution is 6.09. The van der Waals surface area contributed by atoms with Crippen LogP contribution in [-0.4, -0.2) is 0 Å². The van der Waals surface area contributed by atoms with Crippen molar-refractivity contribution in [3.8, 4) is 66.8 Å². The SMILES string of the molecule is c1ccc(-c2ccccc2-c2cc3c(c(-c4ccccc4-c4ccccc4)c2)Nc2c(cc(-c4ccccc4-c4ccccc4)c4ccccc24)C3)cc1. The van der Waals surface area contributed by atoms with E-state index in [0.29, 0.717) is 0 Å². The van der Waals surface area contributed by atoms with E-state index in [-0.39, 0.29) is 0 Å². The quantitative estimate of drug-likeness (QED) is 0.183. The molecule has 1 nitrogen and oxygen atoms in total. The van der Waals surface area contributed by atoms with Crippen molar-refractivity contribution in [1.29, 1.82) is 0 Å². The van der Waals surface area contributed by atoms with E-state index in [1.54, 1.807) is 0 Å². The molecule has 9 aromatic rings. The van der Waals surface area contributed by atoms with E-state index in [0.717, 1.165) is 6.42 Å². The maximum absolute atomic E-state index is 4.08. The zero-order chi connectivity index (χ0) is 35.8. The topological polar surface area (TPSA) is 12.0 Å². The first-order valence-electron chi connectivity index (χ1n) is 18.7. The molecule has 0 aromatic heterocycles. The number of benzene rings is 9. The fraction of sp³-hybridized carbons (Fsp3) is 0.0189. The van der Waals surface area contributed by atoms with Crippen LogP contribution in [0.5, 0.6) is 0 Å². The van der Waals surface area contributed by atoms with Crippen LogP contribution in [0.3, 0.4) is 0 Å². The van der Waals surface area contributed by atoms with Gasteiger partial charge < -0.3 is 5.32 Å². The average Bonchev–Trinajstić information content (AvgIpc) is 3.26. The molecule has 0 fully saturated rings. The Balaban J connectivity index is 1.21. The van der Waals surface area contributed by atoms with E-state index in [9.17, 15) is 0 Å². The lowest BCUT2D eigenvalue weighted by Crippen LogP contribution is -2.10. The Morgan fingerprint density at radius 2 is 0.648 bits per heavy atom. The molecule has 0 saturated heterocycles. The molecule has 0 unspecified atom stereocenters. The van der Waals surface area contributed by atoms with Crippen molar-refractivity contribution in [2.24, 2.45) is 0 Å². The molecule has 0 amide bonds. The van der Waals surface area contributed by atoms with Crippen molar-refractivity contribution in [2.45, 2.75) is 6.42 Å². The molecule has 1 N–H and O–H groups in total. The lowest BCUT2D eigenvalue weighted by molar-refractivity contribution is 1.17. The Kier molecular flexibility index (Phi) is 7.96. The second-order valence-corrected chi connectivity index (χ2v) is 14.1. The number of hydrogen-bond donors (Lipinski definition) is 1. The molecule has 0 aliphatic carbocycles. The van der Waals surface area contributed by atoms with E-state index in [1.807, 2.05) is 0 Å². The third kappa shape index (κ3) is 5.59. The minimum atomic E-state index is 0.810. The predicted molar refractivity (Wildman–Crippen MR) is 229 cm³/mol. The molecule has 0 spiro atoms. The molecule has 54 heavy (non-hydrogen) atoms. The summed E-state index contributed by atoms with van der Waals surface area (Å²) in [5.74, 6) is 0. The lowest BCUT2D eigenvalue weighted by atomic mass is 9.83. The van der Waals surface area contributed by atoms with E-state index in [4.69, 9.17) is 0 Å². The number of hydrogen-bond acceptors (Lipinski definition) is 1. The van der Waals surface area contributed by atoms with Crippen molar-refractivity contribution >= 4 is 22.1 Å². The van der Waals surface area contributed by atoms with Gasteiger partial charge in [0.15, 0.2) is 0 Å². The van der Waals surface area contributed by atoms with Crippen LogP contribution in [0, 0.1) is 0 Å². The van der Waals surface area contributed by atoms with Crippen LogP contribution in [0.4, 0.5) is 11.4 Å². The second-order valence-electron chi connectivity index (χ2n) is 14.1. The van der Waals surface area contributed by atoms with Crippen LogP contribution in [0.2, 0.25) is 0 Å². The number of anilines is 2. The molecular formula is C53H37N. The molecule has 1 heteroatoms. The van der Waals surface area contributed by atoms with Gasteiger partial charge in [0, 0.05) is 17.4 Å². The first-order valence-corrected chi connectivity index (χ1v) is 18.7. The summed E-state index contributed by atoms with van der Waals surface area (Å²) in [5, 5.41) is 6.56. The minimum Gasteiger partial charge on any atom is -0.354 e. The zero-order valence-corrected chi connectivity index (χ0v) is 29.8. The van der Waals surface area contributed by atoms with Crippen LogP contribution >= 0.6 is 0 Å². The van der Waals surface area contributed by atoms with Gasteiger partial charge in [0.05, 0.1) is 11.4 Å². The number of nitrogens with one attached hydrogen (secondary N) is 1. The maximum atomic E-state index is 4.08. The zero-order valence-electron chi connectivity index (χ0n) is 29.8. The Labute approximate surface area is 316 Å². The van der Waals surface area contributed by atoms with Crippen LogP contribution in [-0.2, 0) is 6.42 Å². The van der Waals surface area contributed by atoms with Gasteiger partial charge in [-0.25, -0.2) is 0 Å². The summed E-state index contributed by atoms with van der Waals surface area (Å²) in [6.07, 6.45) is 0.810. The van der Waals surface area contributed by atoms with Gasteiger partial charge in [-0.2, -0.15) is 0 Å². The van der Waals surface area contributed by atoms with E-state index in [2.05, 4.69) is 212 Å². The van der Waals surface area contributed by atoms with E-state index >= 15 is 0 Å². The molecule has 0 bridgehead atoms. The molecule has 0 saturated carbocycles. The van der Waals surface area contributed by atoms with Crippen LogP contribution in [0.15, 0.2) is 206 Å². The minimum absolute atomic E-state index is 0.810. The smallest absolute Gasteiger partial charge is 0.0500 e. The molecular weight excluding hydrogens is 651 g/mol. The fourth-order valence-electron chi connectivity index (χ4n) is 8.41. The van der Waals surface area contributed by atoms with Gasteiger partial charge >= 0.3 is 0 Å². The molecule has 9 aromatic carbocycles. The fourth-order valence-corrected chi connectivity index (χ4v) is 8.41. The van der Waals surface area contributed by atoms with Crippen LogP contribution in [0.1, 0.15) is 11.1 Å². The van der Waals surface area contributed by atoms with Crippen molar-refractivity contribution in [3.63, 3.8) is 0 Å². The molecule has 1 aliphatic rings. The first kappa shape index (κ1) is 31.7. The van der Waals surface area contributed by atoms with Crippen molar-refractivity contribution in [1.82, 2.24) is 0 Å². The predicted octanol–water partition coefficient (Wildman–Crippen LogP) is 14.5. The number of rotatable bonds is 6. The Morgan fingerprint density at radius 1 is 0.259 bits per heavy atom. The van der Waals surface area contributed by atoms with E-state index in [1.165, 1.54) is 100 Å². The molecule has 10 rings (SSSR count). The van der Waals surface area contributed by atoms with E-state index < -0.39 is 0 Å². The highest BCUT2D eigenvalue weighted by atomic mass is 14.9. The van der Waals surface area contributed by atoms with Gasteiger partial charge in [-0.3, -0.25) is 0 Å². The molecule has 0 atom stereocenters. The highest BCUT2D eigenvalue weighted by Crippen LogP contribution is 2.49. The third-order valence-corrected chi connectivity index (χ3v) is 10.9. The van der Waals surface area contributed by atoms with Gasteiger partial charge in [-0.15, -0.1) is 0 Å². The first-order chi connectivity index (χ1) is 26.8. The Morgan fingerprint density at radius 3 is 1.19 bits per heavy atom. The normalized spacial score (nSPS) is 11.8. The highest BCUT2D eigenvalue weighted by Gasteiger charge is 2.25. The van der Waals surface area contributed by atoms with Crippen molar-refractivity contribution in [3.05, 3.63) is 217 Å². The standard InChI is InChI=1S/C53H37N/c1-4-18-36(19-5-1)42-24-10-11-27-45(42)39-32-40-33-41-35-50(46-28-14-12-25-43(46)37-20-6-2-7-21-37)48-30-16-17-31-49(48)52(41)54-53(40)51(34-39)47-29-15-13-26-44(47)38-22-8-3-9-23-38/h1-32,34-35,54H,33H2. The summed E-state index contributed by atoms with van der Waals surface area (Å²) in [7, 11) is 0. The summed E-state index contributed by atoms with van der Waals surface area (Å²) >= 11 is 0. The Bertz CT molecular complexity index is 2800. The van der Waals surface area contributed by atoms with Crippen molar-refractivity contribution < 1.29 is 0 Å². The van der Waals surface area contributed by atoms with Gasteiger partial charge in [0.25, 0.3) is 0 Å². The van der Waals surface area contributed by atoms with Crippen LogP contribution in [0.25, 0.3) is 77.5 Å². The summed E-state index contributed by atoms with van der Waals surface area (Å²) in [6.45, 7) is 0. The average molecular weight is 688 g/mol. The lowest BCUT2D eigenvalue weighted by Gasteiger charge is -2.29. The van der Waals surface area contributed by atoms with Gasteiger partial charge in [-0.1, -0.05) is 188 Å². The van der Waals surface area contributed by atoms with Crippen molar-refractivity contribution in [2.75, 3.05) is 5.32 Å². The van der Waals surface area contributed by atoms with Gasteiger partial charge in [-0.05, 0) is 95.9 Å². The molecule has 1 aliphatic heterocycles. The maximum Gasteiger partial charge on any atom is 0.0500 e. The molecule has 0 radical (unpaired) electrons. The third-order valence-electron chi connectivity index (χ3n) is 10.9. The summed E-state index contributed by atoms with van der Waals surface area (Å²) in [5.41, 5.74) is 19.7. The van der Waals surface area contributed by atoms with Gasteiger partial charge in [0.1, 0.15) is 0 Å².